The number of thiophene rings is 1. The van der Waals surface area contributed by atoms with Gasteiger partial charge < -0.3 is 10.2 Å². The van der Waals surface area contributed by atoms with Crippen LogP contribution in [-0.2, 0) is 24.1 Å². The standard InChI is InChI=1S/C19H23N3O2S/c1-22(2)19(24)17-11-15-10-14(5-6-16(15)25-17)18(23)21-9-7-13-4-3-8-20-12-13/h3-4,8,11-12,14H,5-7,9-10H2,1-2H3,(H,21,23)/t14-/m1/s1. The van der Waals surface area contributed by atoms with E-state index in [1.165, 1.54) is 4.88 Å². The molecule has 2 aromatic heterocycles. The molecule has 0 aliphatic heterocycles. The van der Waals surface area contributed by atoms with Gasteiger partial charge in [-0.3, -0.25) is 14.6 Å². The third-order valence-corrected chi connectivity index (χ3v) is 5.73. The van der Waals surface area contributed by atoms with Crippen LogP contribution in [-0.4, -0.2) is 42.3 Å². The average molecular weight is 357 g/mol. The summed E-state index contributed by atoms with van der Waals surface area (Å²) in [6.07, 6.45) is 6.82. The molecule has 25 heavy (non-hydrogen) atoms. The van der Waals surface area contributed by atoms with Crippen LogP contribution in [0.1, 0.15) is 32.1 Å². The minimum Gasteiger partial charge on any atom is -0.356 e. The molecule has 1 N–H and O–H groups in total. The van der Waals surface area contributed by atoms with Crippen LogP contribution in [0.3, 0.4) is 0 Å². The number of pyridine rings is 1. The van der Waals surface area contributed by atoms with E-state index in [1.54, 1.807) is 36.5 Å². The van der Waals surface area contributed by atoms with Crippen molar-refractivity contribution in [3.05, 3.63) is 51.5 Å². The summed E-state index contributed by atoms with van der Waals surface area (Å²) in [5.74, 6) is 0.149. The first-order chi connectivity index (χ1) is 12.0. The summed E-state index contributed by atoms with van der Waals surface area (Å²) in [6, 6.07) is 5.89. The van der Waals surface area contributed by atoms with E-state index in [2.05, 4.69) is 10.3 Å². The van der Waals surface area contributed by atoms with Crippen LogP contribution in [0.25, 0.3) is 0 Å². The Bertz CT molecular complexity index is 755. The zero-order valence-electron chi connectivity index (χ0n) is 14.6. The highest BCUT2D eigenvalue weighted by Gasteiger charge is 2.27. The first kappa shape index (κ1) is 17.6. The third kappa shape index (κ3) is 4.25. The van der Waals surface area contributed by atoms with Crippen molar-refractivity contribution >= 4 is 23.2 Å². The van der Waals surface area contributed by atoms with E-state index in [4.69, 9.17) is 0 Å². The van der Waals surface area contributed by atoms with Gasteiger partial charge in [-0.1, -0.05) is 6.07 Å². The molecular weight excluding hydrogens is 334 g/mol. The van der Waals surface area contributed by atoms with Gasteiger partial charge in [-0.15, -0.1) is 11.3 Å². The summed E-state index contributed by atoms with van der Waals surface area (Å²) in [6.45, 7) is 0.627. The zero-order valence-corrected chi connectivity index (χ0v) is 15.4. The summed E-state index contributed by atoms with van der Waals surface area (Å²) in [4.78, 5) is 32.3. The van der Waals surface area contributed by atoms with Crippen molar-refractivity contribution in [2.45, 2.75) is 25.7 Å². The van der Waals surface area contributed by atoms with Crippen molar-refractivity contribution in [1.82, 2.24) is 15.2 Å². The van der Waals surface area contributed by atoms with Crippen molar-refractivity contribution in [2.75, 3.05) is 20.6 Å². The average Bonchev–Trinajstić information content (AvgIpc) is 3.04. The van der Waals surface area contributed by atoms with Crippen LogP contribution in [0.2, 0.25) is 0 Å². The maximum Gasteiger partial charge on any atom is 0.263 e. The van der Waals surface area contributed by atoms with Gasteiger partial charge in [0.2, 0.25) is 5.91 Å². The van der Waals surface area contributed by atoms with E-state index < -0.39 is 0 Å². The zero-order chi connectivity index (χ0) is 17.8. The molecule has 3 rings (SSSR count). The molecule has 0 spiro atoms. The number of nitrogens with zero attached hydrogens (tertiary/aromatic N) is 2. The number of fused-ring (bicyclic) bond motifs is 1. The van der Waals surface area contributed by atoms with Gasteiger partial charge in [0.05, 0.1) is 4.88 Å². The first-order valence-corrected chi connectivity index (χ1v) is 9.36. The van der Waals surface area contributed by atoms with Crippen molar-refractivity contribution in [3.63, 3.8) is 0 Å². The van der Waals surface area contributed by atoms with Crippen molar-refractivity contribution in [1.29, 1.82) is 0 Å². The fourth-order valence-electron chi connectivity index (χ4n) is 3.09. The Morgan fingerprint density at radius 1 is 1.40 bits per heavy atom. The van der Waals surface area contributed by atoms with Crippen LogP contribution in [0, 0.1) is 5.92 Å². The lowest BCUT2D eigenvalue weighted by Gasteiger charge is -2.21. The lowest BCUT2D eigenvalue weighted by Crippen LogP contribution is -2.34. The number of aryl methyl sites for hydroxylation is 1. The molecule has 132 valence electrons. The predicted octanol–water partition coefficient (Wildman–Crippen LogP) is 2.31. The Morgan fingerprint density at radius 3 is 2.96 bits per heavy atom. The lowest BCUT2D eigenvalue weighted by molar-refractivity contribution is -0.125. The second kappa shape index (κ2) is 7.78. The largest absolute Gasteiger partial charge is 0.356 e. The molecule has 0 radical (unpaired) electrons. The Balaban J connectivity index is 1.55. The number of amides is 2. The Labute approximate surface area is 152 Å². The molecule has 0 saturated heterocycles. The molecule has 1 aliphatic carbocycles. The summed E-state index contributed by atoms with van der Waals surface area (Å²) in [5, 5.41) is 3.04. The summed E-state index contributed by atoms with van der Waals surface area (Å²) in [5.41, 5.74) is 2.28. The van der Waals surface area contributed by atoms with Crippen molar-refractivity contribution in [3.8, 4) is 0 Å². The molecule has 0 fully saturated rings. The molecule has 0 bridgehead atoms. The maximum absolute atomic E-state index is 12.4. The molecule has 2 amide bonds. The van der Waals surface area contributed by atoms with Gasteiger partial charge in [0.15, 0.2) is 0 Å². The van der Waals surface area contributed by atoms with Gasteiger partial charge in [0.1, 0.15) is 0 Å². The van der Waals surface area contributed by atoms with Gasteiger partial charge >= 0.3 is 0 Å². The van der Waals surface area contributed by atoms with E-state index in [-0.39, 0.29) is 17.7 Å². The first-order valence-electron chi connectivity index (χ1n) is 8.54. The monoisotopic (exact) mass is 357 g/mol. The smallest absolute Gasteiger partial charge is 0.263 e. The minimum atomic E-state index is -0.00157. The highest BCUT2D eigenvalue weighted by molar-refractivity contribution is 7.14. The summed E-state index contributed by atoms with van der Waals surface area (Å²) < 4.78 is 0. The van der Waals surface area contributed by atoms with E-state index >= 15 is 0 Å². The van der Waals surface area contributed by atoms with Crippen LogP contribution in [0.15, 0.2) is 30.6 Å². The number of carbonyl (C=O) groups is 2. The SMILES string of the molecule is CN(C)C(=O)c1cc2c(s1)CC[C@@H](C(=O)NCCc1cccnc1)C2. The Morgan fingerprint density at radius 2 is 2.24 bits per heavy atom. The fourth-order valence-corrected chi connectivity index (χ4v) is 4.32. The molecule has 1 atom stereocenters. The highest BCUT2D eigenvalue weighted by Crippen LogP contribution is 2.32. The molecule has 5 nitrogen and oxygen atoms in total. The maximum atomic E-state index is 12.4. The van der Waals surface area contributed by atoms with Crippen LogP contribution < -0.4 is 5.32 Å². The molecule has 2 aromatic rings. The Hall–Kier alpha value is -2.21. The molecule has 0 saturated carbocycles. The summed E-state index contributed by atoms with van der Waals surface area (Å²) in [7, 11) is 3.53. The molecule has 0 aromatic carbocycles. The molecule has 1 aliphatic rings. The lowest BCUT2D eigenvalue weighted by atomic mass is 9.87. The van der Waals surface area contributed by atoms with Gasteiger partial charge in [0.25, 0.3) is 5.91 Å². The number of nitrogens with one attached hydrogen (secondary N) is 1. The molecule has 6 heteroatoms. The topological polar surface area (TPSA) is 62.3 Å². The van der Waals surface area contributed by atoms with Crippen molar-refractivity contribution in [2.24, 2.45) is 5.92 Å². The second-order valence-corrected chi connectivity index (χ2v) is 7.74. The summed E-state index contributed by atoms with van der Waals surface area (Å²) >= 11 is 1.57. The highest BCUT2D eigenvalue weighted by atomic mass is 32.1. The van der Waals surface area contributed by atoms with Crippen molar-refractivity contribution < 1.29 is 9.59 Å². The van der Waals surface area contributed by atoms with Gasteiger partial charge in [-0.05, 0) is 48.9 Å². The van der Waals surface area contributed by atoms with Crippen LogP contribution in [0.5, 0.6) is 0 Å². The number of aromatic nitrogens is 1. The van der Waals surface area contributed by atoms with Gasteiger partial charge in [0, 0.05) is 43.8 Å². The minimum absolute atomic E-state index is 0.00157. The van der Waals surface area contributed by atoms with Crippen LogP contribution >= 0.6 is 11.3 Å². The number of hydrogen-bond acceptors (Lipinski definition) is 4. The van der Waals surface area contributed by atoms with E-state index in [1.807, 2.05) is 24.4 Å². The van der Waals surface area contributed by atoms with E-state index in [9.17, 15) is 9.59 Å². The molecular formula is C19H23N3O2S. The fraction of sp³-hybridized carbons (Fsp3) is 0.421. The molecule has 2 heterocycles. The molecule has 0 unspecified atom stereocenters. The number of carbonyl (C=O) groups excluding carboxylic acids is 2. The number of rotatable bonds is 5. The van der Waals surface area contributed by atoms with Crippen LogP contribution in [0.4, 0.5) is 0 Å². The van der Waals surface area contributed by atoms with Gasteiger partial charge in [-0.25, -0.2) is 0 Å². The van der Waals surface area contributed by atoms with Gasteiger partial charge in [-0.2, -0.15) is 0 Å². The van der Waals surface area contributed by atoms with E-state index in [0.717, 1.165) is 41.7 Å². The number of hydrogen-bond donors (Lipinski definition) is 1. The quantitative estimate of drug-likeness (QED) is 0.893. The third-order valence-electron chi connectivity index (χ3n) is 4.51. The normalized spacial score (nSPS) is 16.2. The Kier molecular flexibility index (Phi) is 5.48. The van der Waals surface area contributed by atoms with E-state index in [0.29, 0.717) is 6.54 Å². The second-order valence-electron chi connectivity index (χ2n) is 6.60. The predicted molar refractivity (Wildman–Crippen MR) is 98.8 cm³/mol.